The molecule has 0 saturated carbocycles. The van der Waals surface area contributed by atoms with Crippen molar-refractivity contribution < 1.29 is 29.3 Å². The van der Waals surface area contributed by atoms with E-state index in [0.717, 1.165) is 12.8 Å². The summed E-state index contributed by atoms with van der Waals surface area (Å²) in [5.41, 5.74) is -0.362. The summed E-state index contributed by atoms with van der Waals surface area (Å²) in [6.45, 7) is 10.5. The first kappa shape index (κ1) is 28.2. The van der Waals surface area contributed by atoms with Gasteiger partial charge in [-0.1, -0.05) is 32.4 Å². The summed E-state index contributed by atoms with van der Waals surface area (Å²) < 4.78 is 5.22. The normalized spacial score (nSPS) is 14.0. The lowest BCUT2D eigenvalue weighted by molar-refractivity contribution is -0.145. The summed E-state index contributed by atoms with van der Waals surface area (Å²) in [5, 5.41) is 25.2. The number of carbonyl (C=O) groups is 3. The van der Waals surface area contributed by atoms with Crippen molar-refractivity contribution in [3.8, 4) is 5.75 Å². The van der Waals surface area contributed by atoms with Crippen LogP contribution in [0.4, 0.5) is 4.79 Å². The van der Waals surface area contributed by atoms with E-state index < -0.39 is 48.2 Å². The first-order valence-electron chi connectivity index (χ1n) is 11.4. The van der Waals surface area contributed by atoms with Crippen molar-refractivity contribution in [2.45, 2.75) is 84.5 Å². The van der Waals surface area contributed by atoms with Crippen LogP contribution in [0.15, 0.2) is 24.3 Å². The third-order valence-electron chi connectivity index (χ3n) is 5.03. The van der Waals surface area contributed by atoms with Crippen LogP contribution in [0.25, 0.3) is 0 Å². The van der Waals surface area contributed by atoms with Crippen molar-refractivity contribution in [3.63, 3.8) is 0 Å². The Morgan fingerprint density at radius 2 is 1.85 bits per heavy atom. The average Bonchev–Trinajstić information content (AvgIpc) is 2.73. The molecule has 1 rings (SSSR count). The minimum Gasteiger partial charge on any atom is -0.508 e. The van der Waals surface area contributed by atoms with Crippen LogP contribution in [0.3, 0.4) is 0 Å². The molecule has 0 aliphatic heterocycles. The molecule has 0 aromatic heterocycles. The number of alkyl carbamates (subject to hydrolysis) is 1. The number of carbonyl (C=O) groups excluding carboxylic acids is 3. The van der Waals surface area contributed by atoms with Crippen molar-refractivity contribution in [2.75, 3.05) is 13.2 Å². The molecule has 9 heteroatoms. The van der Waals surface area contributed by atoms with Gasteiger partial charge in [-0.15, -0.1) is 0 Å². The quantitative estimate of drug-likeness (QED) is 0.372. The highest BCUT2D eigenvalue weighted by molar-refractivity contribution is 5.92. The van der Waals surface area contributed by atoms with Crippen LogP contribution in [0.1, 0.15) is 72.4 Å². The molecule has 3 atom stereocenters. The predicted octanol–water partition coefficient (Wildman–Crippen LogP) is 2.86. The van der Waals surface area contributed by atoms with E-state index in [0.29, 0.717) is 18.5 Å². The maximum absolute atomic E-state index is 13.6. The smallest absolute Gasteiger partial charge is 0.408 e. The monoisotopic (exact) mass is 465 g/mol. The highest BCUT2D eigenvalue weighted by Crippen LogP contribution is 2.28. The molecular weight excluding hydrogens is 426 g/mol. The van der Waals surface area contributed by atoms with E-state index in [1.807, 2.05) is 13.8 Å². The fraction of sp³-hybridized carbons (Fsp3) is 0.625. The van der Waals surface area contributed by atoms with E-state index in [4.69, 9.17) is 4.74 Å². The molecule has 0 fully saturated rings. The molecule has 0 aliphatic rings. The number of ether oxygens (including phenoxy) is 1. The lowest BCUT2D eigenvalue weighted by atomic mass is 9.99. The molecule has 1 aromatic carbocycles. The fourth-order valence-electron chi connectivity index (χ4n) is 3.23. The number of unbranched alkanes of at least 4 members (excludes halogenated alkanes) is 1. The molecule has 9 nitrogen and oxygen atoms in total. The van der Waals surface area contributed by atoms with Crippen LogP contribution >= 0.6 is 0 Å². The van der Waals surface area contributed by atoms with Gasteiger partial charge in [0.05, 0.1) is 6.61 Å². The number of hydrogen-bond acceptors (Lipinski definition) is 6. The number of benzene rings is 1. The standard InChI is InChI=1S/C24H39N3O6/c1-7-9-13-25-21(30)20(17-11-10-12-18(29)14-17)27(16(3)8-2)22(31)19(15-28)26-23(32)33-24(4,5)6/h10-12,14,16,19-20,28-29H,7-9,13,15H2,1-6H3,(H,25,30)(H,26,32). The number of hydrogen-bond donors (Lipinski definition) is 4. The number of phenols is 1. The van der Waals surface area contributed by atoms with E-state index in [1.54, 1.807) is 39.8 Å². The summed E-state index contributed by atoms with van der Waals surface area (Å²) in [6.07, 6.45) is 1.33. The third kappa shape index (κ3) is 8.92. The van der Waals surface area contributed by atoms with Gasteiger partial charge in [0.1, 0.15) is 23.4 Å². The largest absolute Gasteiger partial charge is 0.508 e. The second-order valence-electron chi connectivity index (χ2n) is 9.03. The van der Waals surface area contributed by atoms with Crippen molar-refractivity contribution in [2.24, 2.45) is 0 Å². The van der Waals surface area contributed by atoms with E-state index in [9.17, 15) is 24.6 Å². The molecule has 0 saturated heterocycles. The summed E-state index contributed by atoms with van der Waals surface area (Å²) in [4.78, 5) is 40.4. The minimum atomic E-state index is -1.31. The Hall–Kier alpha value is -2.81. The molecule has 4 N–H and O–H groups in total. The van der Waals surface area contributed by atoms with Crippen LogP contribution in [0.5, 0.6) is 5.75 Å². The molecular formula is C24H39N3O6. The number of phenolic OH excluding ortho intramolecular Hbond substituents is 1. The van der Waals surface area contributed by atoms with Crippen molar-refractivity contribution in [1.82, 2.24) is 15.5 Å². The molecule has 33 heavy (non-hydrogen) atoms. The molecule has 0 radical (unpaired) electrons. The molecule has 1 aromatic rings. The van der Waals surface area contributed by atoms with E-state index in [2.05, 4.69) is 10.6 Å². The van der Waals surface area contributed by atoms with Gasteiger partial charge in [0.25, 0.3) is 0 Å². The third-order valence-corrected chi connectivity index (χ3v) is 5.03. The Morgan fingerprint density at radius 3 is 2.36 bits per heavy atom. The first-order chi connectivity index (χ1) is 15.4. The number of nitrogens with zero attached hydrogens (tertiary/aromatic N) is 1. The Kier molecular flexibility index (Phi) is 11.1. The minimum absolute atomic E-state index is 0.0407. The van der Waals surface area contributed by atoms with Gasteiger partial charge in [0.2, 0.25) is 11.8 Å². The fourth-order valence-corrected chi connectivity index (χ4v) is 3.23. The van der Waals surface area contributed by atoms with Gasteiger partial charge in [-0.3, -0.25) is 9.59 Å². The molecule has 3 unspecified atom stereocenters. The molecule has 0 heterocycles. The zero-order valence-electron chi connectivity index (χ0n) is 20.6. The van der Waals surface area contributed by atoms with Crippen molar-refractivity contribution in [1.29, 1.82) is 0 Å². The van der Waals surface area contributed by atoms with Gasteiger partial charge in [-0.05, 0) is 58.2 Å². The lowest BCUT2D eigenvalue weighted by Crippen LogP contribution is -2.56. The molecule has 0 spiro atoms. The average molecular weight is 466 g/mol. The van der Waals surface area contributed by atoms with Gasteiger partial charge in [-0.25, -0.2) is 4.79 Å². The van der Waals surface area contributed by atoms with Gasteiger partial charge in [0, 0.05) is 12.6 Å². The van der Waals surface area contributed by atoms with Gasteiger partial charge < -0.3 is 30.5 Å². The summed E-state index contributed by atoms with van der Waals surface area (Å²) >= 11 is 0. The first-order valence-corrected chi connectivity index (χ1v) is 11.4. The topological polar surface area (TPSA) is 128 Å². The maximum atomic E-state index is 13.6. The zero-order chi connectivity index (χ0) is 25.2. The van der Waals surface area contributed by atoms with Crippen LogP contribution < -0.4 is 10.6 Å². The number of aromatic hydroxyl groups is 1. The van der Waals surface area contributed by atoms with Crippen LogP contribution in [0, 0.1) is 0 Å². The summed E-state index contributed by atoms with van der Waals surface area (Å²) in [5.74, 6) is -1.07. The lowest BCUT2D eigenvalue weighted by Gasteiger charge is -2.38. The molecule has 186 valence electrons. The van der Waals surface area contributed by atoms with Gasteiger partial charge in [0.15, 0.2) is 0 Å². The van der Waals surface area contributed by atoms with Crippen LogP contribution in [-0.2, 0) is 14.3 Å². The number of nitrogens with one attached hydrogen (secondary N) is 2. The number of rotatable bonds is 11. The Bertz CT molecular complexity index is 793. The van der Waals surface area contributed by atoms with Crippen molar-refractivity contribution >= 4 is 17.9 Å². The summed E-state index contributed by atoms with van der Waals surface area (Å²) in [6, 6.07) is 3.38. The van der Waals surface area contributed by atoms with Gasteiger partial charge in [-0.2, -0.15) is 0 Å². The second-order valence-corrected chi connectivity index (χ2v) is 9.03. The Balaban J connectivity index is 3.36. The Morgan fingerprint density at radius 1 is 1.18 bits per heavy atom. The Labute approximate surface area is 196 Å². The van der Waals surface area contributed by atoms with E-state index in [1.165, 1.54) is 17.0 Å². The SMILES string of the molecule is CCCCNC(=O)C(c1cccc(O)c1)N(C(=O)C(CO)NC(=O)OC(C)(C)C)C(C)CC. The second kappa shape index (κ2) is 13.0. The van der Waals surface area contributed by atoms with Crippen molar-refractivity contribution in [3.05, 3.63) is 29.8 Å². The maximum Gasteiger partial charge on any atom is 0.408 e. The molecule has 0 bridgehead atoms. The molecule has 0 aliphatic carbocycles. The highest BCUT2D eigenvalue weighted by atomic mass is 16.6. The van der Waals surface area contributed by atoms with E-state index >= 15 is 0 Å². The van der Waals surface area contributed by atoms with Crippen LogP contribution in [-0.4, -0.2) is 63.9 Å². The van der Waals surface area contributed by atoms with E-state index in [-0.39, 0.29) is 5.75 Å². The highest BCUT2D eigenvalue weighted by Gasteiger charge is 2.38. The number of amides is 3. The predicted molar refractivity (Wildman–Crippen MR) is 126 cm³/mol. The summed E-state index contributed by atoms with van der Waals surface area (Å²) in [7, 11) is 0. The molecule has 3 amide bonds. The number of aliphatic hydroxyl groups excluding tert-OH is 1. The zero-order valence-corrected chi connectivity index (χ0v) is 20.6. The van der Waals surface area contributed by atoms with Crippen LogP contribution in [0.2, 0.25) is 0 Å². The number of aliphatic hydroxyl groups is 1. The van der Waals surface area contributed by atoms with Gasteiger partial charge >= 0.3 is 6.09 Å².